The van der Waals surface area contributed by atoms with Crippen LogP contribution >= 0.6 is 11.3 Å². The molecule has 0 saturated heterocycles. The molecule has 1 heterocycles. The molecule has 1 aromatic heterocycles. The maximum Gasteiger partial charge on any atom is 0.278 e. The predicted molar refractivity (Wildman–Crippen MR) is 53.7 cm³/mol. The Balaban J connectivity index is 2.88. The number of nitrogens with zero attached hydrogens (tertiary/aromatic N) is 2. The molecule has 0 aliphatic heterocycles. The van der Waals surface area contributed by atoms with Gasteiger partial charge in [0, 0.05) is 32.3 Å². The first-order chi connectivity index (χ1) is 6.69. The highest BCUT2D eigenvalue weighted by Crippen LogP contribution is 1.92. The van der Waals surface area contributed by atoms with Gasteiger partial charge in [0.25, 0.3) is 5.91 Å². The molecule has 1 unspecified atom stereocenters. The lowest BCUT2D eigenvalue weighted by molar-refractivity contribution is -0.127. The molecule has 78 valence electrons. The first kappa shape index (κ1) is 11.1. The Morgan fingerprint density at radius 1 is 1.86 bits per heavy atom. The first-order valence-corrected chi connectivity index (χ1v) is 4.98. The Morgan fingerprint density at radius 3 is 3.00 bits per heavy atom. The molecule has 0 bridgehead atoms. The summed E-state index contributed by atoms with van der Waals surface area (Å²) in [5, 5.41) is 1.86. The lowest BCUT2D eigenvalue weighted by Gasteiger charge is -2.06. The summed E-state index contributed by atoms with van der Waals surface area (Å²) in [4.78, 5) is 16.0. The van der Waals surface area contributed by atoms with Gasteiger partial charge in [-0.1, -0.05) is 0 Å². The second-order valence-electron chi connectivity index (χ2n) is 2.71. The number of aryl methyl sites for hydroxylation is 1. The van der Waals surface area contributed by atoms with Gasteiger partial charge in [-0.05, 0) is 0 Å². The van der Waals surface area contributed by atoms with Crippen LogP contribution in [0.3, 0.4) is 0 Å². The lowest BCUT2D eigenvalue weighted by atomic mass is 10.3. The van der Waals surface area contributed by atoms with Gasteiger partial charge < -0.3 is 15.0 Å². The van der Waals surface area contributed by atoms with Gasteiger partial charge in [-0.2, -0.15) is 4.99 Å². The average molecular weight is 215 g/mol. The molecule has 6 heteroatoms. The lowest BCUT2D eigenvalue weighted by Crippen LogP contribution is -2.31. The van der Waals surface area contributed by atoms with Crippen LogP contribution in [0.5, 0.6) is 0 Å². The Hall–Kier alpha value is -0.980. The third-order valence-electron chi connectivity index (χ3n) is 1.74. The van der Waals surface area contributed by atoms with Crippen LogP contribution in [-0.4, -0.2) is 30.2 Å². The largest absolute Gasteiger partial charge is 0.370 e. The van der Waals surface area contributed by atoms with Gasteiger partial charge in [-0.15, -0.1) is 11.3 Å². The summed E-state index contributed by atoms with van der Waals surface area (Å²) in [5.41, 5.74) is 5.34. The van der Waals surface area contributed by atoms with Crippen molar-refractivity contribution >= 4 is 17.2 Å². The van der Waals surface area contributed by atoms with E-state index in [1.54, 1.807) is 4.57 Å². The molecule has 0 radical (unpaired) electrons. The Labute approximate surface area is 85.8 Å². The van der Waals surface area contributed by atoms with Crippen molar-refractivity contribution in [2.24, 2.45) is 17.8 Å². The van der Waals surface area contributed by atoms with Gasteiger partial charge in [0.2, 0.25) is 0 Å². The van der Waals surface area contributed by atoms with Crippen molar-refractivity contribution in [2.75, 3.05) is 13.7 Å². The fourth-order valence-electron chi connectivity index (χ4n) is 0.899. The molecule has 2 N–H and O–H groups in total. The van der Waals surface area contributed by atoms with Crippen molar-refractivity contribution in [1.82, 2.24) is 4.57 Å². The van der Waals surface area contributed by atoms with Crippen LogP contribution < -0.4 is 10.5 Å². The number of thiazole rings is 1. The minimum atomic E-state index is -0.642. The number of hydrogen-bond donors (Lipinski definition) is 1. The topological polar surface area (TPSA) is 69.6 Å². The van der Waals surface area contributed by atoms with E-state index in [9.17, 15) is 4.79 Å². The van der Waals surface area contributed by atoms with E-state index in [2.05, 4.69) is 4.99 Å². The molecule has 1 amide bonds. The summed E-state index contributed by atoms with van der Waals surface area (Å²) in [5.74, 6) is -0.340. The molecule has 0 aromatic carbocycles. The molecule has 0 aliphatic carbocycles. The molecule has 0 fully saturated rings. The second kappa shape index (κ2) is 5.04. The van der Waals surface area contributed by atoms with Gasteiger partial charge in [0.1, 0.15) is 6.10 Å². The number of hydrogen-bond acceptors (Lipinski definition) is 4. The van der Waals surface area contributed by atoms with Gasteiger partial charge in [0.05, 0.1) is 0 Å². The Bertz CT molecular complexity index is 365. The summed E-state index contributed by atoms with van der Waals surface area (Å²) < 4.78 is 6.65. The second-order valence-corrected chi connectivity index (χ2v) is 3.58. The number of carbonyl (C=O) groups is 1. The van der Waals surface area contributed by atoms with Crippen LogP contribution in [0, 0.1) is 0 Å². The van der Waals surface area contributed by atoms with E-state index in [0.717, 1.165) is 0 Å². The highest BCUT2D eigenvalue weighted by Gasteiger charge is 2.14. The minimum absolute atomic E-state index is 0.147. The number of amides is 1. The monoisotopic (exact) mass is 215 g/mol. The molecule has 14 heavy (non-hydrogen) atoms. The van der Waals surface area contributed by atoms with Crippen LogP contribution in [0.25, 0.3) is 0 Å². The molecule has 0 saturated carbocycles. The molecule has 1 atom stereocenters. The molecule has 0 aliphatic rings. The minimum Gasteiger partial charge on any atom is -0.370 e. The first-order valence-electron chi connectivity index (χ1n) is 4.10. The zero-order valence-electron chi connectivity index (χ0n) is 8.14. The van der Waals surface area contributed by atoms with Crippen molar-refractivity contribution in [3.8, 4) is 0 Å². The molecule has 1 aromatic rings. The maximum atomic E-state index is 11.4. The molecular weight excluding hydrogens is 202 g/mol. The van der Waals surface area contributed by atoms with E-state index in [0.29, 0.717) is 4.80 Å². The van der Waals surface area contributed by atoms with Crippen molar-refractivity contribution in [1.29, 1.82) is 0 Å². The van der Waals surface area contributed by atoms with Crippen molar-refractivity contribution in [2.45, 2.75) is 6.10 Å². The normalized spacial score (nSPS) is 14.4. The van der Waals surface area contributed by atoms with Crippen molar-refractivity contribution < 1.29 is 9.53 Å². The van der Waals surface area contributed by atoms with E-state index >= 15 is 0 Å². The van der Waals surface area contributed by atoms with Crippen LogP contribution in [0.15, 0.2) is 16.6 Å². The van der Waals surface area contributed by atoms with Crippen LogP contribution in [0.2, 0.25) is 0 Å². The van der Waals surface area contributed by atoms with Crippen LogP contribution in [0.1, 0.15) is 0 Å². The fraction of sp³-hybridized carbons (Fsp3) is 0.500. The quantitative estimate of drug-likeness (QED) is 0.738. The van der Waals surface area contributed by atoms with Crippen LogP contribution in [-0.2, 0) is 16.6 Å². The summed E-state index contributed by atoms with van der Waals surface area (Å²) in [6, 6.07) is 0. The van der Waals surface area contributed by atoms with E-state index in [1.807, 2.05) is 18.6 Å². The Kier molecular flexibility index (Phi) is 3.99. The number of nitrogens with two attached hydrogens (primary N) is 1. The fourth-order valence-corrected chi connectivity index (χ4v) is 1.63. The number of carbonyl (C=O) groups excluding carboxylic acids is 1. The Morgan fingerprint density at radius 2 is 2.57 bits per heavy atom. The van der Waals surface area contributed by atoms with Gasteiger partial charge in [-0.3, -0.25) is 4.79 Å². The SMILES string of the molecule is COC(CN)C(=O)N=c1sccn1C. The molecule has 0 spiro atoms. The summed E-state index contributed by atoms with van der Waals surface area (Å²) >= 11 is 1.40. The van der Waals surface area contributed by atoms with E-state index in [4.69, 9.17) is 10.5 Å². The highest BCUT2D eigenvalue weighted by molar-refractivity contribution is 7.07. The van der Waals surface area contributed by atoms with Gasteiger partial charge in [0.15, 0.2) is 4.80 Å². The number of ether oxygens (including phenoxy) is 1. The van der Waals surface area contributed by atoms with E-state index < -0.39 is 6.10 Å². The summed E-state index contributed by atoms with van der Waals surface area (Å²) in [6.07, 6.45) is 1.19. The summed E-state index contributed by atoms with van der Waals surface area (Å²) in [7, 11) is 3.27. The van der Waals surface area contributed by atoms with E-state index in [-0.39, 0.29) is 12.5 Å². The van der Waals surface area contributed by atoms with Gasteiger partial charge >= 0.3 is 0 Å². The maximum absolute atomic E-state index is 11.4. The molecule has 1 rings (SSSR count). The van der Waals surface area contributed by atoms with Crippen molar-refractivity contribution in [3.05, 3.63) is 16.4 Å². The predicted octanol–water partition coefficient (Wildman–Crippen LogP) is -0.512. The zero-order chi connectivity index (χ0) is 10.6. The molecular formula is C8H13N3O2S. The number of aromatic nitrogens is 1. The third kappa shape index (κ3) is 2.50. The summed E-state index contributed by atoms with van der Waals surface area (Å²) in [6.45, 7) is 0.147. The smallest absolute Gasteiger partial charge is 0.278 e. The molecule has 5 nitrogen and oxygen atoms in total. The highest BCUT2D eigenvalue weighted by atomic mass is 32.1. The number of methoxy groups -OCH3 is 1. The number of rotatable bonds is 3. The van der Waals surface area contributed by atoms with Crippen molar-refractivity contribution in [3.63, 3.8) is 0 Å². The van der Waals surface area contributed by atoms with Crippen LogP contribution in [0.4, 0.5) is 0 Å². The zero-order valence-corrected chi connectivity index (χ0v) is 8.95. The third-order valence-corrected chi connectivity index (χ3v) is 2.59. The van der Waals surface area contributed by atoms with Gasteiger partial charge in [-0.25, -0.2) is 0 Å². The van der Waals surface area contributed by atoms with E-state index in [1.165, 1.54) is 18.4 Å². The standard InChI is InChI=1S/C8H13N3O2S/c1-11-3-4-14-8(11)10-7(12)6(5-9)13-2/h3-4,6H,5,9H2,1-2H3. The average Bonchev–Trinajstić information content (AvgIpc) is 2.54.